The Kier molecular flexibility index (Phi) is 3.80. The van der Waals surface area contributed by atoms with Crippen molar-refractivity contribution >= 4 is 11.0 Å². The van der Waals surface area contributed by atoms with E-state index in [1.807, 2.05) is 25.3 Å². The summed E-state index contributed by atoms with van der Waals surface area (Å²) in [6.45, 7) is 3.29. The molecule has 0 aliphatic carbocycles. The van der Waals surface area contributed by atoms with Crippen LogP contribution in [0.3, 0.4) is 0 Å². The maximum absolute atomic E-state index is 5.39. The molecule has 0 saturated carbocycles. The summed E-state index contributed by atoms with van der Waals surface area (Å²) in [6.07, 6.45) is 3.67. The summed E-state index contributed by atoms with van der Waals surface area (Å²) in [7, 11) is 1.81. The van der Waals surface area contributed by atoms with Crippen molar-refractivity contribution < 1.29 is 9.26 Å². The number of hydrogen-bond acceptors (Lipinski definition) is 4. The fourth-order valence-corrected chi connectivity index (χ4v) is 2.75. The second-order valence-corrected chi connectivity index (χ2v) is 5.15. The average Bonchev–Trinajstić information content (AvgIpc) is 2.89. The fraction of sp³-hybridized carbons (Fsp3) is 0.533. The van der Waals surface area contributed by atoms with Crippen LogP contribution in [0.15, 0.2) is 28.8 Å². The average molecular weight is 260 g/mol. The molecule has 19 heavy (non-hydrogen) atoms. The first-order chi connectivity index (χ1) is 9.36. The lowest BCUT2D eigenvalue weighted by atomic mass is 10.1. The number of para-hydroxylation sites is 1. The molecule has 1 aliphatic rings. The Hall–Kier alpha value is -1.39. The Balaban J connectivity index is 1.58. The fourth-order valence-electron chi connectivity index (χ4n) is 2.75. The van der Waals surface area contributed by atoms with Gasteiger partial charge < -0.3 is 14.2 Å². The minimum absolute atomic E-state index is 0.448. The van der Waals surface area contributed by atoms with E-state index in [0.29, 0.717) is 6.10 Å². The maximum atomic E-state index is 5.39. The van der Waals surface area contributed by atoms with E-state index in [1.165, 1.54) is 0 Å². The Bertz CT molecular complexity index is 530. The zero-order valence-corrected chi connectivity index (χ0v) is 11.3. The van der Waals surface area contributed by atoms with Crippen LogP contribution in [0.4, 0.5) is 0 Å². The summed E-state index contributed by atoms with van der Waals surface area (Å²) < 4.78 is 10.7. The minimum atomic E-state index is 0.448. The lowest BCUT2D eigenvalue weighted by molar-refractivity contribution is 0.0414. The van der Waals surface area contributed by atoms with E-state index in [4.69, 9.17) is 9.26 Å². The third-order valence-electron chi connectivity index (χ3n) is 3.98. The number of piperidine rings is 1. The first kappa shape index (κ1) is 12.6. The Morgan fingerprint density at radius 2 is 2.11 bits per heavy atom. The molecule has 0 amide bonds. The molecule has 1 aromatic heterocycles. The van der Waals surface area contributed by atoms with Gasteiger partial charge in [0.25, 0.3) is 0 Å². The normalized spacial score (nSPS) is 18.2. The van der Waals surface area contributed by atoms with Crippen molar-refractivity contribution in [3.63, 3.8) is 0 Å². The summed E-state index contributed by atoms with van der Waals surface area (Å²) in [5, 5.41) is 5.33. The highest BCUT2D eigenvalue weighted by Gasteiger charge is 2.19. The number of nitrogens with zero attached hydrogens (tertiary/aromatic N) is 2. The predicted octanol–water partition coefficient (Wildman–Crippen LogP) is 2.48. The number of methoxy groups -OCH3 is 1. The van der Waals surface area contributed by atoms with Crippen molar-refractivity contribution in [3.8, 4) is 0 Å². The Labute approximate surface area is 113 Å². The monoisotopic (exact) mass is 260 g/mol. The van der Waals surface area contributed by atoms with Crippen LogP contribution < -0.4 is 0 Å². The van der Waals surface area contributed by atoms with Crippen molar-refractivity contribution in [2.24, 2.45) is 0 Å². The van der Waals surface area contributed by atoms with E-state index in [1.54, 1.807) is 0 Å². The van der Waals surface area contributed by atoms with Crippen LogP contribution in [0, 0.1) is 0 Å². The van der Waals surface area contributed by atoms with Crippen LogP contribution >= 0.6 is 0 Å². The summed E-state index contributed by atoms with van der Waals surface area (Å²) in [4.78, 5) is 2.49. The van der Waals surface area contributed by atoms with Crippen LogP contribution in [0.5, 0.6) is 0 Å². The number of rotatable bonds is 4. The molecule has 102 valence electrons. The standard InChI is InChI=1S/C15H20N2O2/c1-18-12-6-9-17(10-7-12)11-8-14-13-4-2-3-5-15(13)19-16-14/h2-5,12H,6-11H2,1H3. The number of hydrogen-bond donors (Lipinski definition) is 0. The van der Waals surface area contributed by atoms with Crippen molar-refractivity contribution in [1.82, 2.24) is 10.1 Å². The van der Waals surface area contributed by atoms with Gasteiger partial charge in [-0.15, -0.1) is 0 Å². The molecule has 3 rings (SSSR count). The summed E-state index contributed by atoms with van der Waals surface area (Å²) in [5.41, 5.74) is 1.96. The van der Waals surface area contributed by atoms with Crippen molar-refractivity contribution in [1.29, 1.82) is 0 Å². The van der Waals surface area contributed by atoms with E-state index in [9.17, 15) is 0 Å². The molecule has 0 atom stereocenters. The highest BCUT2D eigenvalue weighted by atomic mass is 16.5. The van der Waals surface area contributed by atoms with Gasteiger partial charge in [-0.1, -0.05) is 17.3 Å². The van der Waals surface area contributed by atoms with Gasteiger partial charge in [0, 0.05) is 38.6 Å². The molecule has 1 saturated heterocycles. The second-order valence-electron chi connectivity index (χ2n) is 5.15. The van der Waals surface area contributed by atoms with Gasteiger partial charge in [0.2, 0.25) is 0 Å². The second kappa shape index (κ2) is 5.72. The molecule has 0 unspecified atom stereocenters. The molecule has 2 aromatic rings. The molecule has 1 fully saturated rings. The smallest absolute Gasteiger partial charge is 0.167 e. The minimum Gasteiger partial charge on any atom is -0.381 e. The number of ether oxygens (including phenoxy) is 1. The lowest BCUT2D eigenvalue weighted by Crippen LogP contribution is -2.37. The molecule has 0 spiro atoms. The van der Waals surface area contributed by atoms with E-state index in [2.05, 4.69) is 16.1 Å². The van der Waals surface area contributed by atoms with Gasteiger partial charge in [0.05, 0.1) is 11.8 Å². The van der Waals surface area contributed by atoms with Crippen LogP contribution in [0.25, 0.3) is 11.0 Å². The first-order valence-corrected chi connectivity index (χ1v) is 6.95. The quantitative estimate of drug-likeness (QED) is 0.846. The summed E-state index contributed by atoms with van der Waals surface area (Å²) in [5.74, 6) is 0. The van der Waals surface area contributed by atoms with Crippen LogP contribution in [-0.2, 0) is 11.2 Å². The molecular weight excluding hydrogens is 240 g/mol. The summed E-state index contributed by atoms with van der Waals surface area (Å²) in [6, 6.07) is 8.06. The van der Waals surface area contributed by atoms with Crippen LogP contribution in [-0.4, -0.2) is 42.9 Å². The van der Waals surface area contributed by atoms with E-state index in [0.717, 1.165) is 55.6 Å². The zero-order valence-electron chi connectivity index (χ0n) is 11.3. The molecule has 1 aromatic carbocycles. The lowest BCUT2D eigenvalue weighted by Gasteiger charge is -2.30. The third kappa shape index (κ3) is 2.80. The van der Waals surface area contributed by atoms with Crippen molar-refractivity contribution in [2.75, 3.05) is 26.7 Å². The van der Waals surface area contributed by atoms with Gasteiger partial charge in [-0.05, 0) is 25.0 Å². The Morgan fingerprint density at radius 3 is 2.89 bits per heavy atom. The van der Waals surface area contributed by atoms with Crippen LogP contribution in [0.2, 0.25) is 0 Å². The van der Waals surface area contributed by atoms with Gasteiger partial charge in [0.15, 0.2) is 5.58 Å². The topological polar surface area (TPSA) is 38.5 Å². The van der Waals surface area contributed by atoms with Crippen LogP contribution in [0.1, 0.15) is 18.5 Å². The van der Waals surface area contributed by atoms with Gasteiger partial charge in [-0.25, -0.2) is 0 Å². The maximum Gasteiger partial charge on any atom is 0.167 e. The molecular formula is C15H20N2O2. The van der Waals surface area contributed by atoms with Gasteiger partial charge in [-0.3, -0.25) is 0 Å². The molecule has 0 N–H and O–H groups in total. The number of fused-ring (bicyclic) bond motifs is 1. The third-order valence-corrected chi connectivity index (χ3v) is 3.98. The van der Waals surface area contributed by atoms with E-state index < -0.39 is 0 Å². The molecule has 0 bridgehead atoms. The molecule has 4 heteroatoms. The molecule has 1 aliphatic heterocycles. The Morgan fingerprint density at radius 1 is 1.32 bits per heavy atom. The number of aromatic nitrogens is 1. The zero-order chi connectivity index (χ0) is 13.1. The van der Waals surface area contributed by atoms with Crippen molar-refractivity contribution in [3.05, 3.63) is 30.0 Å². The summed E-state index contributed by atoms with van der Waals surface area (Å²) >= 11 is 0. The van der Waals surface area contributed by atoms with Gasteiger partial charge >= 0.3 is 0 Å². The SMILES string of the molecule is COC1CCN(CCc2noc3ccccc23)CC1. The molecule has 2 heterocycles. The van der Waals surface area contributed by atoms with Gasteiger partial charge in [-0.2, -0.15) is 0 Å². The van der Waals surface area contributed by atoms with Gasteiger partial charge in [0.1, 0.15) is 0 Å². The number of benzene rings is 1. The first-order valence-electron chi connectivity index (χ1n) is 6.95. The highest BCUT2D eigenvalue weighted by Crippen LogP contribution is 2.19. The largest absolute Gasteiger partial charge is 0.381 e. The molecule has 4 nitrogen and oxygen atoms in total. The van der Waals surface area contributed by atoms with E-state index in [-0.39, 0.29) is 0 Å². The van der Waals surface area contributed by atoms with E-state index >= 15 is 0 Å². The highest BCUT2D eigenvalue weighted by molar-refractivity contribution is 5.79. The number of likely N-dealkylation sites (tertiary alicyclic amines) is 1. The predicted molar refractivity (Wildman–Crippen MR) is 74.2 cm³/mol. The van der Waals surface area contributed by atoms with Crippen molar-refractivity contribution in [2.45, 2.75) is 25.4 Å². The molecule has 0 radical (unpaired) electrons.